The summed E-state index contributed by atoms with van der Waals surface area (Å²) in [6, 6.07) is 0. The number of phosphoric ester groups is 2. The maximum Gasteiger partial charge on any atom is 0.472 e. The molecule has 0 spiro atoms. The lowest BCUT2D eigenvalue weighted by Gasteiger charge is -2.19. The van der Waals surface area contributed by atoms with Crippen LogP contribution in [-0.2, 0) is 46.3 Å². The van der Waals surface area contributed by atoms with Gasteiger partial charge in [-0.15, -0.1) is 0 Å². The van der Waals surface area contributed by atoms with Crippen LogP contribution in [0.2, 0.25) is 0 Å². The van der Waals surface area contributed by atoms with Crippen molar-refractivity contribution in [1.82, 2.24) is 0 Å². The van der Waals surface area contributed by atoms with Crippen molar-refractivity contribution in [2.45, 2.75) is 225 Å². The van der Waals surface area contributed by atoms with Crippen LogP contribution in [0.4, 0.5) is 0 Å². The molecule has 17 heteroatoms. The van der Waals surface area contributed by atoms with Gasteiger partial charge in [-0.1, -0.05) is 191 Å². The second-order valence-corrected chi connectivity index (χ2v) is 20.4. The SMILES string of the molecule is CCCCC/C=C\C/C=C\C/C=C\C/C=C\CCCC(=O)OCC(O)COP(=O)(O)OCC(O)COP(=O)(O)OCC(O)COC(=O)CCCCCCCCCCCCCCCCCCCCC. The fourth-order valence-corrected chi connectivity index (χ4v) is 8.33. The lowest BCUT2D eigenvalue weighted by Crippen LogP contribution is -2.25. The van der Waals surface area contributed by atoms with Gasteiger partial charge >= 0.3 is 27.6 Å². The molecule has 15 nitrogen and oxygen atoms in total. The Kier molecular flexibility index (Phi) is 45.9. The minimum atomic E-state index is -4.80. The van der Waals surface area contributed by atoms with Crippen molar-refractivity contribution < 1.29 is 71.4 Å². The number of ether oxygens (including phenoxy) is 2. The predicted octanol–water partition coefficient (Wildman–Crippen LogP) is 12.4. The molecule has 0 aromatic heterocycles. The molecule has 5 atom stereocenters. The largest absolute Gasteiger partial charge is 0.472 e. The smallest absolute Gasteiger partial charge is 0.463 e. The Hall–Kier alpha value is -2.00. The van der Waals surface area contributed by atoms with Gasteiger partial charge in [-0.05, 0) is 51.4 Å². The van der Waals surface area contributed by atoms with Gasteiger partial charge in [-0.25, -0.2) is 9.13 Å². The van der Waals surface area contributed by atoms with Gasteiger partial charge in [-0.2, -0.15) is 0 Å². The van der Waals surface area contributed by atoms with E-state index < -0.39 is 85.5 Å². The molecule has 0 aliphatic carbocycles. The van der Waals surface area contributed by atoms with Gasteiger partial charge in [0.2, 0.25) is 0 Å². The quantitative estimate of drug-likeness (QED) is 0.0165. The highest BCUT2D eigenvalue weighted by molar-refractivity contribution is 7.47. The maximum atomic E-state index is 12.2. The Morgan fingerprint density at radius 3 is 1.00 bits per heavy atom. The van der Waals surface area contributed by atoms with Gasteiger partial charge in [0.05, 0.1) is 26.4 Å². The third kappa shape index (κ3) is 49.0. The van der Waals surface area contributed by atoms with E-state index in [-0.39, 0.29) is 12.8 Å². The number of aliphatic hydroxyl groups excluding tert-OH is 3. The number of aliphatic hydroxyl groups is 3. The fourth-order valence-electron chi connectivity index (χ4n) is 6.74. The van der Waals surface area contributed by atoms with Crippen molar-refractivity contribution in [2.75, 3.05) is 39.6 Å². The first-order chi connectivity index (χ1) is 32.8. The monoisotopic (exact) mass is 1010 g/mol. The number of esters is 2. The van der Waals surface area contributed by atoms with Crippen molar-refractivity contribution in [3.8, 4) is 0 Å². The van der Waals surface area contributed by atoms with Crippen molar-refractivity contribution in [3.05, 3.63) is 48.6 Å². The van der Waals surface area contributed by atoms with E-state index in [1.165, 1.54) is 116 Å². The van der Waals surface area contributed by atoms with Crippen molar-refractivity contribution in [2.24, 2.45) is 0 Å². The molecule has 0 saturated carbocycles. The van der Waals surface area contributed by atoms with Crippen LogP contribution in [0, 0.1) is 0 Å². The number of phosphoric acid groups is 2. The molecule has 0 aliphatic rings. The highest BCUT2D eigenvalue weighted by Gasteiger charge is 2.28. The molecule has 0 bridgehead atoms. The molecule has 0 fully saturated rings. The number of hydrogen-bond acceptors (Lipinski definition) is 13. The molecule has 0 saturated heterocycles. The van der Waals surface area contributed by atoms with Crippen LogP contribution in [0.3, 0.4) is 0 Å². The zero-order valence-electron chi connectivity index (χ0n) is 42.0. The summed E-state index contributed by atoms with van der Waals surface area (Å²) in [4.78, 5) is 43.8. The number of hydrogen-bond donors (Lipinski definition) is 5. The van der Waals surface area contributed by atoms with E-state index in [1.807, 2.05) is 12.2 Å². The molecule has 0 heterocycles. The summed E-state index contributed by atoms with van der Waals surface area (Å²) in [5.74, 6) is -1.04. The minimum Gasteiger partial charge on any atom is -0.463 e. The van der Waals surface area contributed by atoms with E-state index in [9.17, 15) is 43.8 Å². The molecule has 68 heavy (non-hydrogen) atoms. The van der Waals surface area contributed by atoms with Gasteiger partial charge in [-0.3, -0.25) is 27.7 Å². The Morgan fingerprint density at radius 2 is 0.647 bits per heavy atom. The molecule has 5 N–H and O–H groups in total. The third-order valence-electron chi connectivity index (χ3n) is 10.8. The summed E-state index contributed by atoms with van der Waals surface area (Å²) in [5.41, 5.74) is 0. The normalized spacial score (nSPS) is 15.3. The summed E-state index contributed by atoms with van der Waals surface area (Å²) in [6.45, 7) is 0.356. The molecule has 0 aliphatic heterocycles. The molecular weight excluding hydrogens is 914 g/mol. The lowest BCUT2D eigenvalue weighted by atomic mass is 10.0. The molecule has 0 aromatic carbocycles. The van der Waals surface area contributed by atoms with Crippen LogP contribution in [-0.4, -0.2) is 95.0 Å². The van der Waals surface area contributed by atoms with Crippen LogP contribution in [0.25, 0.3) is 0 Å². The summed E-state index contributed by atoms with van der Waals surface area (Å²) in [7, 11) is -9.59. The zero-order chi connectivity index (χ0) is 50.2. The van der Waals surface area contributed by atoms with Crippen molar-refractivity contribution in [1.29, 1.82) is 0 Å². The number of carbonyl (C=O) groups excluding carboxylic acids is 2. The highest BCUT2D eigenvalue weighted by atomic mass is 31.2. The molecule has 0 radical (unpaired) electrons. The molecule has 0 rings (SSSR count). The van der Waals surface area contributed by atoms with Gasteiger partial charge in [0.1, 0.15) is 31.5 Å². The first-order valence-corrected chi connectivity index (χ1v) is 29.0. The summed E-state index contributed by atoms with van der Waals surface area (Å²) >= 11 is 0. The Balaban J connectivity index is 3.89. The first-order valence-electron chi connectivity index (χ1n) is 26.0. The second kappa shape index (κ2) is 47.3. The molecule has 398 valence electrons. The second-order valence-electron chi connectivity index (χ2n) is 17.5. The maximum absolute atomic E-state index is 12.2. The Morgan fingerprint density at radius 1 is 0.382 bits per heavy atom. The first kappa shape index (κ1) is 66.0. The van der Waals surface area contributed by atoms with Crippen molar-refractivity contribution >= 4 is 27.6 Å². The van der Waals surface area contributed by atoms with Crippen LogP contribution in [0.5, 0.6) is 0 Å². The summed E-state index contributed by atoms with van der Waals surface area (Å²) in [5, 5.41) is 30.1. The Labute approximate surface area is 410 Å². The van der Waals surface area contributed by atoms with Crippen molar-refractivity contribution in [3.63, 3.8) is 0 Å². The average molecular weight is 1010 g/mol. The fraction of sp³-hybridized carbons (Fsp3) is 0.804. The van der Waals surface area contributed by atoms with Gasteiger partial charge in [0.15, 0.2) is 0 Å². The molecule has 0 aromatic rings. The van der Waals surface area contributed by atoms with E-state index in [4.69, 9.17) is 14.0 Å². The predicted molar refractivity (Wildman–Crippen MR) is 270 cm³/mol. The van der Waals surface area contributed by atoms with Crippen LogP contribution in [0.15, 0.2) is 48.6 Å². The van der Waals surface area contributed by atoms with Gasteiger partial charge in [0, 0.05) is 12.8 Å². The Bertz CT molecular complexity index is 1410. The summed E-state index contributed by atoms with van der Waals surface area (Å²) in [6.07, 6.45) is 45.3. The molecular formula is C51H94O15P2. The lowest BCUT2D eigenvalue weighted by molar-refractivity contribution is -0.148. The standard InChI is InChI=1S/C51H94O15P2/c1-3-5-7-9-11-13-15-17-19-21-22-24-26-28-30-32-34-36-38-40-51(56)62-42-48(53)44-64-68(59,60)66-46-49(54)45-65-67(57,58)63-43-47(52)41-61-50(55)39-37-35-33-31-29-27-25-23-20-18-16-14-12-10-8-6-4-2/h12,14,18,20,25,27,31,33,47-49,52-54H,3-11,13,15-17,19,21-24,26,28-30,32,34-46H2,1-2H3,(H,57,58)(H,59,60)/b14-12-,20-18-,27-25-,33-31-. The number of rotatable bonds is 50. The van der Waals surface area contributed by atoms with Gasteiger partial charge < -0.3 is 34.6 Å². The zero-order valence-corrected chi connectivity index (χ0v) is 43.8. The third-order valence-corrected chi connectivity index (χ3v) is 12.7. The van der Waals surface area contributed by atoms with E-state index in [2.05, 4.69) is 63.9 Å². The topological polar surface area (TPSA) is 225 Å². The minimum absolute atomic E-state index is 0.120. The number of unbranched alkanes of at least 4 members (excludes halogenated alkanes) is 22. The molecule has 0 amide bonds. The van der Waals surface area contributed by atoms with Crippen LogP contribution < -0.4 is 0 Å². The molecule has 5 unspecified atom stereocenters. The highest BCUT2D eigenvalue weighted by Crippen LogP contribution is 2.45. The average Bonchev–Trinajstić information content (AvgIpc) is 3.31. The van der Waals surface area contributed by atoms with E-state index in [0.717, 1.165) is 44.9 Å². The van der Waals surface area contributed by atoms with Gasteiger partial charge in [0.25, 0.3) is 0 Å². The van der Waals surface area contributed by atoms with Crippen LogP contribution in [0.1, 0.15) is 206 Å². The summed E-state index contributed by atoms with van der Waals surface area (Å²) < 4.78 is 53.0. The van der Waals surface area contributed by atoms with Crippen LogP contribution >= 0.6 is 15.6 Å². The van der Waals surface area contributed by atoms with E-state index in [1.54, 1.807) is 0 Å². The number of allylic oxidation sites excluding steroid dienone is 8. The van der Waals surface area contributed by atoms with E-state index >= 15 is 0 Å². The van der Waals surface area contributed by atoms with E-state index in [0.29, 0.717) is 19.3 Å². The number of carbonyl (C=O) groups is 2.